The van der Waals surface area contributed by atoms with Crippen molar-refractivity contribution in [2.24, 2.45) is 0 Å². The highest BCUT2D eigenvalue weighted by Gasteiger charge is 2.44. The van der Waals surface area contributed by atoms with E-state index >= 15 is 0 Å². The molecule has 34 heavy (non-hydrogen) atoms. The second-order valence-corrected chi connectivity index (χ2v) is 9.71. The number of aromatic nitrogens is 3. The maximum Gasteiger partial charge on any atom is 0.352 e. The SMILES string of the molecule is CC(Nc1nc(C#N)nc2c1ccn2[C@@H]1O[C@H](COOP(C)(=O)O)[C@@H](O)[C@H]1O)c1ccccc1. The van der Waals surface area contributed by atoms with Gasteiger partial charge in [-0.1, -0.05) is 30.3 Å². The first-order valence-electron chi connectivity index (χ1n) is 10.4. The van der Waals surface area contributed by atoms with E-state index in [-0.39, 0.29) is 11.9 Å². The highest BCUT2D eigenvalue weighted by Crippen LogP contribution is 2.38. The Morgan fingerprint density at radius 2 is 2.00 bits per heavy atom. The molecule has 6 atom stereocenters. The van der Waals surface area contributed by atoms with Crippen molar-refractivity contribution in [3.05, 3.63) is 54.0 Å². The highest BCUT2D eigenvalue weighted by molar-refractivity contribution is 7.51. The Bertz CT molecular complexity index is 1240. The van der Waals surface area contributed by atoms with Crippen molar-refractivity contribution in [2.75, 3.05) is 18.6 Å². The predicted octanol–water partition coefficient (Wildman–Crippen LogP) is 1.86. The molecule has 0 radical (unpaired) electrons. The van der Waals surface area contributed by atoms with Gasteiger partial charge in [0.1, 0.15) is 42.5 Å². The molecule has 12 nitrogen and oxygen atoms in total. The van der Waals surface area contributed by atoms with Crippen LogP contribution in [-0.4, -0.2) is 61.2 Å². The summed E-state index contributed by atoms with van der Waals surface area (Å²) in [4.78, 5) is 22.4. The second-order valence-electron chi connectivity index (χ2n) is 7.95. The molecule has 0 bridgehead atoms. The van der Waals surface area contributed by atoms with Gasteiger partial charge in [0.15, 0.2) is 6.23 Å². The van der Waals surface area contributed by atoms with E-state index in [1.807, 2.05) is 43.3 Å². The molecule has 2 aromatic heterocycles. The molecule has 3 aromatic rings. The van der Waals surface area contributed by atoms with Gasteiger partial charge in [-0.25, -0.2) is 14.9 Å². The van der Waals surface area contributed by atoms with Crippen LogP contribution in [0.2, 0.25) is 0 Å². The Balaban J connectivity index is 1.61. The van der Waals surface area contributed by atoms with E-state index in [0.717, 1.165) is 12.2 Å². The van der Waals surface area contributed by atoms with Crippen LogP contribution in [0.5, 0.6) is 0 Å². The van der Waals surface area contributed by atoms with Crippen molar-refractivity contribution >= 4 is 24.4 Å². The molecule has 4 rings (SSSR count). The number of nitrogens with zero attached hydrogens (tertiary/aromatic N) is 4. The quantitative estimate of drug-likeness (QED) is 0.207. The number of ether oxygens (including phenoxy) is 1. The van der Waals surface area contributed by atoms with Gasteiger partial charge in [-0.15, -0.1) is 4.67 Å². The zero-order valence-corrected chi connectivity index (χ0v) is 19.2. The molecule has 0 spiro atoms. The van der Waals surface area contributed by atoms with Crippen LogP contribution >= 0.6 is 7.60 Å². The van der Waals surface area contributed by atoms with E-state index in [0.29, 0.717) is 16.9 Å². The first-order valence-corrected chi connectivity index (χ1v) is 12.4. The number of aliphatic hydroxyl groups excluding tert-OH is 2. The smallest absolute Gasteiger partial charge is 0.352 e. The van der Waals surface area contributed by atoms with Crippen molar-refractivity contribution in [3.8, 4) is 6.07 Å². The van der Waals surface area contributed by atoms with E-state index < -0.39 is 38.7 Å². The van der Waals surface area contributed by atoms with E-state index in [1.165, 1.54) is 4.57 Å². The number of anilines is 1. The standard InChI is InChI=1S/C21H24N5O7P/c1-12(13-6-4-3-5-7-13)23-19-14-8-9-26(20(14)25-16(10-22)24-19)21-18(28)17(27)15(32-21)11-31-33-34(2,29)30/h3-9,12,15,17-18,21,27-28H,11H2,1-2H3,(H,29,30)(H,23,24,25)/t12?,15-,17-,18-,21-/m1/s1. The summed E-state index contributed by atoms with van der Waals surface area (Å²) in [6, 6.07) is 13.2. The van der Waals surface area contributed by atoms with Crippen LogP contribution in [0, 0.1) is 11.3 Å². The Morgan fingerprint density at radius 3 is 2.68 bits per heavy atom. The fourth-order valence-corrected chi connectivity index (χ4v) is 3.98. The third-order valence-electron chi connectivity index (χ3n) is 5.36. The summed E-state index contributed by atoms with van der Waals surface area (Å²) in [5.74, 6) is 0.345. The number of nitriles is 1. The lowest BCUT2D eigenvalue weighted by Crippen LogP contribution is -2.33. The molecule has 13 heteroatoms. The summed E-state index contributed by atoms with van der Waals surface area (Å²) in [6.45, 7) is 2.51. The van der Waals surface area contributed by atoms with E-state index in [1.54, 1.807) is 12.3 Å². The lowest BCUT2D eigenvalue weighted by Gasteiger charge is -2.18. The molecule has 2 unspecified atom stereocenters. The van der Waals surface area contributed by atoms with Crippen LogP contribution in [0.25, 0.3) is 11.0 Å². The zero-order valence-electron chi connectivity index (χ0n) is 18.3. The van der Waals surface area contributed by atoms with Gasteiger partial charge in [0.25, 0.3) is 0 Å². The zero-order chi connectivity index (χ0) is 24.5. The minimum Gasteiger partial charge on any atom is -0.387 e. The van der Waals surface area contributed by atoms with Crippen molar-refractivity contribution in [2.45, 2.75) is 37.5 Å². The van der Waals surface area contributed by atoms with Gasteiger partial charge in [-0.2, -0.15) is 5.26 Å². The summed E-state index contributed by atoms with van der Waals surface area (Å²) in [5.41, 5.74) is 1.34. The van der Waals surface area contributed by atoms with Crippen LogP contribution in [0.4, 0.5) is 5.82 Å². The number of aliphatic hydroxyl groups is 2. The topological polar surface area (TPSA) is 172 Å². The number of nitrogens with one attached hydrogen (secondary N) is 1. The lowest BCUT2D eigenvalue weighted by atomic mass is 10.1. The van der Waals surface area contributed by atoms with Gasteiger partial charge in [0.05, 0.1) is 5.39 Å². The van der Waals surface area contributed by atoms with Crippen molar-refractivity contribution in [3.63, 3.8) is 0 Å². The minimum absolute atomic E-state index is 0.0850. The van der Waals surface area contributed by atoms with Gasteiger partial charge in [0.2, 0.25) is 5.82 Å². The average Bonchev–Trinajstić information content (AvgIpc) is 3.35. The number of hydrogen-bond donors (Lipinski definition) is 4. The molecule has 1 aliphatic rings. The molecule has 0 amide bonds. The summed E-state index contributed by atoms with van der Waals surface area (Å²) in [6.07, 6.45) is -3.24. The highest BCUT2D eigenvalue weighted by atomic mass is 31.2. The largest absolute Gasteiger partial charge is 0.387 e. The molecule has 1 aliphatic heterocycles. The Kier molecular flexibility index (Phi) is 6.97. The molecule has 1 saturated heterocycles. The average molecular weight is 489 g/mol. The van der Waals surface area contributed by atoms with E-state index in [2.05, 4.69) is 20.0 Å². The Morgan fingerprint density at radius 1 is 1.26 bits per heavy atom. The normalized spacial score (nSPS) is 25.1. The van der Waals surface area contributed by atoms with Crippen LogP contribution in [0.15, 0.2) is 42.6 Å². The van der Waals surface area contributed by atoms with Gasteiger partial charge >= 0.3 is 7.60 Å². The Hall–Kier alpha value is -2.88. The lowest BCUT2D eigenvalue weighted by molar-refractivity contribution is -0.238. The van der Waals surface area contributed by atoms with Gasteiger partial charge < -0.3 is 29.7 Å². The molecule has 180 valence electrons. The minimum atomic E-state index is -3.88. The van der Waals surface area contributed by atoms with E-state index in [4.69, 9.17) is 14.5 Å². The number of benzene rings is 1. The second kappa shape index (κ2) is 9.77. The molecule has 4 N–H and O–H groups in total. The summed E-state index contributed by atoms with van der Waals surface area (Å²) in [5, 5.41) is 34.3. The molecule has 1 aromatic carbocycles. The van der Waals surface area contributed by atoms with Gasteiger partial charge in [-0.05, 0) is 18.6 Å². The molecule has 0 aliphatic carbocycles. The van der Waals surface area contributed by atoms with Crippen LogP contribution in [0.1, 0.15) is 30.6 Å². The number of fused-ring (bicyclic) bond motifs is 1. The summed E-state index contributed by atoms with van der Waals surface area (Å²) < 4.78 is 22.8. The Labute approximate surface area is 194 Å². The number of rotatable bonds is 8. The van der Waals surface area contributed by atoms with Crippen molar-refractivity contribution < 1.29 is 34.0 Å². The number of hydrogen-bond acceptors (Lipinski definition) is 10. The van der Waals surface area contributed by atoms with Gasteiger partial charge in [-0.3, -0.25) is 4.57 Å². The van der Waals surface area contributed by atoms with Crippen LogP contribution < -0.4 is 5.32 Å². The predicted molar refractivity (Wildman–Crippen MR) is 119 cm³/mol. The maximum absolute atomic E-state index is 11.2. The van der Waals surface area contributed by atoms with Gasteiger partial charge in [0, 0.05) is 18.9 Å². The fourth-order valence-electron chi connectivity index (χ4n) is 3.72. The first-order chi connectivity index (χ1) is 16.2. The third-order valence-corrected chi connectivity index (χ3v) is 5.74. The van der Waals surface area contributed by atoms with Crippen molar-refractivity contribution in [1.29, 1.82) is 5.26 Å². The first kappa shape index (κ1) is 24.3. The molecular formula is C21H24N5O7P. The molecular weight excluding hydrogens is 465 g/mol. The summed E-state index contributed by atoms with van der Waals surface area (Å²) >= 11 is 0. The molecule has 0 saturated carbocycles. The molecule has 3 heterocycles. The fraction of sp³-hybridized carbons (Fsp3) is 0.381. The van der Waals surface area contributed by atoms with Crippen molar-refractivity contribution in [1.82, 2.24) is 14.5 Å². The van der Waals surface area contributed by atoms with Crippen LogP contribution in [0.3, 0.4) is 0 Å². The van der Waals surface area contributed by atoms with Crippen LogP contribution in [-0.2, 0) is 18.9 Å². The van der Waals surface area contributed by atoms with E-state index in [9.17, 15) is 20.0 Å². The summed E-state index contributed by atoms with van der Waals surface area (Å²) in [7, 11) is -3.88. The maximum atomic E-state index is 11.2. The monoisotopic (exact) mass is 489 g/mol. The third kappa shape index (κ3) is 5.11. The molecule has 1 fully saturated rings.